The number of imidazole rings is 1. The Balaban J connectivity index is 1.42. The molecule has 1 N–H and O–H groups in total. The summed E-state index contributed by atoms with van der Waals surface area (Å²) in [5, 5.41) is 11.9. The highest BCUT2D eigenvalue weighted by atomic mass is 35.5. The van der Waals surface area contributed by atoms with Gasteiger partial charge in [-0.1, -0.05) is 11.6 Å². The van der Waals surface area contributed by atoms with Gasteiger partial charge in [0.1, 0.15) is 17.8 Å². The highest BCUT2D eigenvalue weighted by Gasteiger charge is 2.29. The van der Waals surface area contributed by atoms with Crippen molar-refractivity contribution in [2.45, 2.75) is 18.9 Å². The van der Waals surface area contributed by atoms with Crippen LogP contribution in [-0.4, -0.2) is 39.7 Å². The van der Waals surface area contributed by atoms with Crippen LogP contribution in [-0.2, 0) is 6.42 Å². The number of aromatic nitrogens is 8. The highest BCUT2D eigenvalue weighted by Crippen LogP contribution is 2.34. The van der Waals surface area contributed by atoms with Gasteiger partial charge in [-0.25, -0.2) is 4.98 Å². The Labute approximate surface area is 196 Å². The summed E-state index contributed by atoms with van der Waals surface area (Å²) in [5.74, 6) is -0.145. The second kappa shape index (κ2) is 7.99. The molecule has 0 amide bonds. The zero-order chi connectivity index (χ0) is 23.2. The molecule has 0 unspecified atom stereocenters. The van der Waals surface area contributed by atoms with E-state index in [1.54, 1.807) is 53.4 Å². The summed E-state index contributed by atoms with van der Waals surface area (Å²) in [6, 6.07) is 11.9. The molecule has 0 aliphatic carbocycles. The molecule has 0 bridgehead atoms. The smallest absolute Gasteiger partial charge is 0.252 e. The highest BCUT2D eigenvalue weighted by molar-refractivity contribution is 6.31. The van der Waals surface area contributed by atoms with Crippen LogP contribution in [0.25, 0.3) is 28.1 Å². The maximum Gasteiger partial charge on any atom is 0.252 e. The van der Waals surface area contributed by atoms with Crippen LogP contribution in [0.1, 0.15) is 24.0 Å². The number of rotatable bonds is 4. The van der Waals surface area contributed by atoms with Crippen LogP contribution in [0, 0.1) is 5.95 Å². The van der Waals surface area contributed by atoms with E-state index >= 15 is 0 Å². The van der Waals surface area contributed by atoms with Gasteiger partial charge >= 0.3 is 0 Å². The Morgan fingerprint density at radius 2 is 2.06 bits per heavy atom. The summed E-state index contributed by atoms with van der Waals surface area (Å²) in [4.78, 5) is 24.5. The third-order valence-corrected chi connectivity index (χ3v) is 6.16. The third kappa shape index (κ3) is 3.39. The summed E-state index contributed by atoms with van der Waals surface area (Å²) in [7, 11) is 0. The molecule has 6 rings (SSSR count). The topological polar surface area (TPSA) is 107 Å². The molecule has 34 heavy (non-hydrogen) atoms. The lowest BCUT2D eigenvalue weighted by molar-refractivity contribution is 0.548. The molecule has 0 saturated carbocycles. The predicted molar refractivity (Wildman–Crippen MR) is 122 cm³/mol. The molecule has 5 heterocycles. The molecular formula is C23H16ClFN8O. The molecule has 168 valence electrons. The van der Waals surface area contributed by atoms with Crippen molar-refractivity contribution >= 4 is 11.6 Å². The Bertz CT molecular complexity index is 1560. The van der Waals surface area contributed by atoms with Gasteiger partial charge in [-0.3, -0.25) is 9.78 Å². The first-order chi connectivity index (χ1) is 16.6. The average Bonchev–Trinajstić information content (AvgIpc) is 3.59. The second-order valence-electron chi connectivity index (χ2n) is 7.94. The number of H-pyrrole nitrogens is 1. The number of aryl methyl sites for hydroxylation is 1. The minimum Gasteiger partial charge on any atom is -0.317 e. The Kier molecular flexibility index (Phi) is 4.80. The number of hydrogen-bond donors (Lipinski definition) is 1. The lowest BCUT2D eigenvalue weighted by Gasteiger charge is -2.14. The molecule has 4 aromatic heterocycles. The van der Waals surface area contributed by atoms with E-state index in [0.29, 0.717) is 40.5 Å². The Hall–Kier alpha value is -4.18. The molecule has 1 aromatic carbocycles. The fourth-order valence-corrected chi connectivity index (χ4v) is 4.61. The van der Waals surface area contributed by atoms with Gasteiger partial charge in [0.2, 0.25) is 5.95 Å². The fraction of sp³-hybridized carbons (Fsp3) is 0.130. The quantitative estimate of drug-likeness (QED) is 0.426. The van der Waals surface area contributed by atoms with E-state index in [1.807, 2.05) is 6.07 Å². The normalized spacial score (nSPS) is 14.9. The fourth-order valence-electron chi connectivity index (χ4n) is 4.44. The van der Waals surface area contributed by atoms with Crippen LogP contribution < -0.4 is 5.56 Å². The van der Waals surface area contributed by atoms with Gasteiger partial charge in [0, 0.05) is 40.3 Å². The number of pyridine rings is 2. The van der Waals surface area contributed by atoms with E-state index in [2.05, 4.69) is 30.5 Å². The Morgan fingerprint density at radius 3 is 2.85 bits per heavy atom. The van der Waals surface area contributed by atoms with E-state index in [1.165, 1.54) is 11.0 Å². The van der Waals surface area contributed by atoms with Crippen molar-refractivity contribution in [3.8, 4) is 28.1 Å². The summed E-state index contributed by atoms with van der Waals surface area (Å²) in [6.45, 7) is 0. The molecular weight excluding hydrogens is 459 g/mol. The summed E-state index contributed by atoms with van der Waals surface area (Å²) >= 11 is 6.26. The number of fused-ring (bicyclic) bond motifs is 1. The van der Waals surface area contributed by atoms with Crippen LogP contribution in [0.3, 0.4) is 0 Å². The van der Waals surface area contributed by atoms with Gasteiger partial charge < -0.3 is 9.55 Å². The van der Waals surface area contributed by atoms with Crippen LogP contribution in [0.15, 0.2) is 66.0 Å². The molecule has 0 fully saturated rings. The number of hydrogen-bond acceptors (Lipinski definition) is 6. The van der Waals surface area contributed by atoms with Gasteiger partial charge in [-0.2, -0.15) is 9.07 Å². The van der Waals surface area contributed by atoms with Crippen molar-refractivity contribution in [1.82, 2.24) is 39.7 Å². The first kappa shape index (κ1) is 20.4. The second-order valence-corrected chi connectivity index (χ2v) is 8.38. The van der Waals surface area contributed by atoms with Gasteiger partial charge in [-0.15, -0.1) is 5.10 Å². The number of tetrazole rings is 1. The molecule has 1 aliphatic rings. The van der Waals surface area contributed by atoms with Crippen molar-refractivity contribution in [1.29, 1.82) is 0 Å². The zero-order valence-electron chi connectivity index (χ0n) is 17.6. The van der Waals surface area contributed by atoms with Gasteiger partial charge in [-0.05, 0) is 65.2 Å². The van der Waals surface area contributed by atoms with E-state index < -0.39 is 12.0 Å². The molecule has 9 nitrogen and oxygen atoms in total. The van der Waals surface area contributed by atoms with E-state index in [-0.39, 0.29) is 11.3 Å². The number of nitrogens with one attached hydrogen (secondary N) is 1. The predicted octanol–water partition coefficient (Wildman–Crippen LogP) is 3.60. The lowest BCUT2D eigenvalue weighted by Crippen LogP contribution is -2.24. The van der Waals surface area contributed by atoms with E-state index in [4.69, 9.17) is 11.6 Å². The lowest BCUT2D eigenvalue weighted by atomic mass is 10.0. The monoisotopic (exact) mass is 474 g/mol. The van der Waals surface area contributed by atoms with E-state index in [0.717, 1.165) is 11.3 Å². The van der Waals surface area contributed by atoms with Crippen molar-refractivity contribution in [3.05, 3.63) is 94.0 Å². The summed E-state index contributed by atoms with van der Waals surface area (Å²) in [6.07, 6.45) is 5.90. The first-order valence-corrected chi connectivity index (χ1v) is 10.9. The number of nitrogens with zero attached hydrogens (tertiary/aromatic N) is 7. The molecule has 11 heteroatoms. The number of benzene rings is 1. The molecule has 0 radical (unpaired) electrons. The van der Waals surface area contributed by atoms with Gasteiger partial charge in [0.05, 0.1) is 11.7 Å². The van der Waals surface area contributed by atoms with Crippen LogP contribution in [0.4, 0.5) is 4.39 Å². The van der Waals surface area contributed by atoms with E-state index in [9.17, 15) is 9.18 Å². The van der Waals surface area contributed by atoms with Crippen molar-refractivity contribution < 1.29 is 4.39 Å². The van der Waals surface area contributed by atoms with Crippen LogP contribution >= 0.6 is 11.6 Å². The van der Waals surface area contributed by atoms with Crippen molar-refractivity contribution in [3.63, 3.8) is 0 Å². The molecule has 1 aliphatic heterocycles. The third-order valence-electron chi connectivity index (χ3n) is 5.93. The van der Waals surface area contributed by atoms with Crippen LogP contribution in [0.2, 0.25) is 5.02 Å². The summed E-state index contributed by atoms with van der Waals surface area (Å²) < 4.78 is 17.8. The van der Waals surface area contributed by atoms with Crippen molar-refractivity contribution in [2.75, 3.05) is 0 Å². The minimum absolute atomic E-state index is 0.186. The number of aromatic amines is 1. The largest absolute Gasteiger partial charge is 0.317 e. The SMILES string of the molecule is O=c1cc(-c2cc(Cl)ccc2-n2cnnn2)cc2n1[C@H](c1nc(-c3cccnc3)c(F)[nH]1)CC2. The number of halogens is 2. The zero-order valence-corrected chi connectivity index (χ0v) is 18.3. The Morgan fingerprint density at radius 1 is 1.15 bits per heavy atom. The maximum absolute atomic E-state index is 14.7. The molecule has 5 aromatic rings. The van der Waals surface area contributed by atoms with Crippen molar-refractivity contribution in [2.24, 2.45) is 0 Å². The van der Waals surface area contributed by atoms with Gasteiger partial charge in [0.15, 0.2) is 0 Å². The molecule has 0 saturated heterocycles. The minimum atomic E-state index is -0.550. The first-order valence-electron chi connectivity index (χ1n) is 10.5. The molecule has 1 atom stereocenters. The maximum atomic E-state index is 14.7. The summed E-state index contributed by atoms with van der Waals surface area (Å²) in [5.41, 5.74) is 3.50. The van der Waals surface area contributed by atoms with Crippen LogP contribution in [0.5, 0.6) is 0 Å². The molecule has 0 spiro atoms. The standard InChI is InChI=1S/C23H16ClFN8O/c24-15-3-5-18(32-12-27-30-31-32)17(10-15)14-8-16-4-6-19(33(16)20(34)9-14)23-28-21(22(25)29-23)13-2-1-7-26-11-13/h1-3,5,7-12,19H,4,6H2,(H,28,29)/t19-/m0/s1. The van der Waals surface area contributed by atoms with Gasteiger partial charge in [0.25, 0.3) is 5.56 Å². The average molecular weight is 475 g/mol.